The number of aromatic amines is 1. The zero-order valence-corrected chi connectivity index (χ0v) is 10.8. The summed E-state index contributed by atoms with van der Waals surface area (Å²) in [5.74, 6) is 0.604. The molecule has 0 saturated carbocycles. The van der Waals surface area contributed by atoms with Crippen LogP contribution in [0.3, 0.4) is 0 Å². The van der Waals surface area contributed by atoms with Gasteiger partial charge in [-0.15, -0.1) is 10.2 Å². The summed E-state index contributed by atoms with van der Waals surface area (Å²) < 4.78 is 5.94. The Morgan fingerprint density at radius 2 is 2.15 bits per heavy atom. The monoisotopic (exact) mass is 270 g/mol. The first kappa shape index (κ1) is 11.5. The number of rotatable bonds is 2. The molecule has 2 atom stereocenters. The number of tetrazole rings is 1. The van der Waals surface area contributed by atoms with E-state index in [0.717, 1.165) is 30.8 Å². The SMILES string of the molecule is C1=NCC2C(c3ccc(-c4nn[nH]n4)cc3)OCCN12. The van der Waals surface area contributed by atoms with Gasteiger partial charge >= 0.3 is 0 Å². The fourth-order valence-electron chi connectivity index (χ4n) is 2.76. The van der Waals surface area contributed by atoms with Crippen molar-refractivity contribution in [2.75, 3.05) is 19.7 Å². The van der Waals surface area contributed by atoms with Crippen LogP contribution < -0.4 is 0 Å². The summed E-state index contributed by atoms with van der Waals surface area (Å²) in [7, 11) is 0. The molecule has 2 aliphatic rings. The minimum absolute atomic E-state index is 0.0746. The van der Waals surface area contributed by atoms with Crippen LogP contribution in [0.4, 0.5) is 0 Å². The van der Waals surface area contributed by atoms with E-state index in [-0.39, 0.29) is 6.10 Å². The molecule has 4 rings (SSSR count). The van der Waals surface area contributed by atoms with Crippen molar-refractivity contribution < 1.29 is 4.74 Å². The summed E-state index contributed by atoms with van der Waals surface area (Å²) in [5, 5.41) is 14.0. The minimum Gasteiger partial charge on any atom is -0.369 e. The van der Waals surface area contributed by atoms with E-state index in [4.69, 9.17) is 4.74 Å². The van der Waals surface area contributed by atoms with Crippen LogP contribution in [-0.2, 0) is 4.74 Å². The molecule has 0 aliphatic carbocycles. The van der Waals surface area contributed by atoms with Gasteiger partial charge in [-0.2, -0.15) is 5.21 Å². The summed E-state index contributed by atoms with van der Waals surface area (Å²) in [6, 6.07) is 8.45. The van der Waals surface area contributed by atoms with Crippen LogP contribution in [0.1, 0.15) is 11.7 Å². The second-order valence-corrected chi connectivity index (χ2v) is 4.93. The number of aromatic nitrogens is 4. The predicted molar refractivity (Wildman–Crippen MR) is 72.2 cm³/mol. The Morgan fingerprint density at radius 3 is 2.95 bits per heavy atom. The first-order chi connectivity index (χ1) is 9.92. The fraction of sp³-hybridized carbons (Fsp3) is 0.385. The number of ether oxygens (including phenoxy) is 1. The summed E-state index contributed by atoms with van der Waals surface area (Å²) in [6.07, 6.45) is 2.01. The maximum absolute atomic E-state index is 5.94. The second-order valence-electron chi connectivity index (χ2n) is 4.93. The van der Waals surface area contributed by atoms with Crippen molar-refractivity contribution in [2.24, 2.45) is 4.99 Å². The Balaban J connectivity index is 1.59. The van der Waals surface area contributed by atoms with Gasteiger partial charge in [0.1, 0.15) is 6.10 Å². The van der Waals surface area contributed by atoms with Crippen molar-refractivity contribution in [1.82, 2.24) is 25.5 Å². The number of nitrogens with zero attached hydrogens (tertiary/aromatic N) is 5. The van der Waals surface area contributed by atoms with Gasteiger partial charge in [-0.25, -0.2) is 0 Å². The summed E-state index contributed by atoms with van der Waals surface area (Å²) in [4.78, 5) is 6.62. The first-order valence-electron chi connectivity index (χ1n) is 6.63. The molecule has 1 aromatic heterocycles. The van der Waals surface area contributed by atoms with E-state index in [9.17, 15) is 0 Å². The lowest BCUT2D eigenvalue weighted by molar-refractivity contribution is -0.0373. The van der Waals surface area contributed by atoms with Gasteiger partial charge in [0.05, 0.1) is 25.5 Å². The molecule has 102 valence electrons. The quantitative estimate of drug-likeness (QED) is 0.866. The zero-order chi connectivity index (χ0) is 13.4. The highest BCUT2D eigenvalue weighted by Gasteiger charge is 2.34. The highest BCUT2D eigenvalue weighted by molar-refractivity contribution is 5.59. The van der Waals surface area contributed by atoms with Crippen LogP contribution in [0.25, 0.3) is 11.4 Å². The molecule has 2 aliphatic heterocycles. The third-order valence-corrected chi connectivity index (χ3v) is 3.79. The molecule has 0 bridgehead atoms. The summed E-state index contributed by atoms with van der Waals surface area (Å²) in [5.41, 5.74) is 2.11. The van der Waals surface area contributed by atoms with E-state index in [0.29, 0.717) is 11.9 Å². The van der Waals surface area contributed by atoms with Gasteiger partial charge in [0.2, 0.25) is 5.82 Å². The van der Waals surface area contributed by atoms with Gasteiger partial charge in [0, 0.05) is 12.1 Å². The van der Waals surface area contributed by atoms with Crippen molar-refractivity contribution in [3.8, 4) is 11.4 Å². The minimum atomic E-state index is 0.0746. The van der Waals surface area contributed by atoms with Crippen LogP contribution >= 0.6 is 0 Å². The number of fused-ring (bicyclic) bond motifs is 1. The molecule has 0 radical (unpaired) electrons. The van der Waals surface area contributed by atoms with Crippen molar-refractivity contribution in [3.63, 3.8) is 0 Å². The topological polar surface area (TPSA) is 79.3 Å². The highest BCUT2D eigenvalue weighted by Crippen LogP contribution is 2.31. The molecule has 0 amide bonds. The van der Waals surface area contributed by atoms with Crippen LogP contribution in [0.2, 0.25) is 0 Å². The Kier molecular flexibility index (Phi) is 2.70. The molecule has 7 heteroatoms. The van der Waals surface area contributed by atoms with E-state index < -0.39 is 0 Å². The smallest absolute Gasteiger partial charge is 0.204 e. The number of morpholine rings is 1. The van der Waals surface area contributed by atoms with E-state index >= 15 is 0 Å². The molecule has 1 aromatic carbocycles. The average molecular weight is 270 g/mol. The second kappa shape index (κ2) is 4.68. The maximum Gasteiger partial charge on any atom is 0.204 e. The zero-order valence-electron chi connectivity index (χ0n) is 10.8. The number of hydrogen-bond acceptors (Lipinski definition) is 6. The van der Waals surface area contributed by atoms with Crippen molar-refractivity contribution >= 4 is 6.34 Å². The average Bonchev–Trinajstić information content (AvgIpc) is 3.18. The Morgan fingerprint density at radius 1 is 1.25 bits per heavy atom. The van der Waals surface area contributed by atoms with Gasteiger partial charge in [0.25, 0.3) is 0 Å². The number of H-pyrrole nitrogens is 1. The lowest BCUT2D eigenvalue weighted by Gasteiger charge is -2.36. The van der Waals surface area contributed by atoms with Gasteiger partial charge in [-0.05, 0) is 10.8 Å². The third kappa shape index (κ3) is 1.87. The molecule has 1 N–H and O–H groups in total. The fourth-order valence-corrected chi connectivity index (χ4v) is 2.76. The number of hydrogen-bond donors (Lipinski definition) is 1. The summed E-state index contributed by atoms with van der Waals surface area (Å²) >= 11 is 0. The van der Waals surface area contributed by atoms with E-state index in [2.05, 4.69) is 42.6 Å². The van der Waals surface area contributed by atoms with Gasteiger partial charge in [-0.3, -0.25) is 4.99 Å². The van der Waals surface area contributed by atoms with Crippen LogP contribution in [0.15, 0.2) is 29.3 Å². The van der Waals surface area contributed by atoms with E-state index in [1.54, 1.807) is 0 Å². The van der Waals surface area contributed by atoms with E-state index in [1.165, 1.54) is 0 Å². The largest absolute Gasteiger partial charge is 0.369 e. The third-order valence-electron chi connectivity index (χ3n) is 3.79. The molecule has 1 saturated heterocycles. The van der Waals surface area contributed by atoms with Crippen molar-refractivity contribution in [3.05, 3.63) is 29.8 Å². The van der Waals surface area contributed by atoms with Gasteiger partial charge in [0.15, 0.2) is 0 Å². The number of benzene rings is 1. The molecule has 20 heavy (non-hydrogen) atoms. The summed E-state index contributed by atoms with van der Waals surface area (Å²) in [6.45, 7) is 2.46. The lowest BCUT2D eigenvalue weighted by Crippen LogP contribution is -2.44. The van der Waals surface area contributed by atoms with Gasteiger partial charge < -0.3 is 9.64 Å². The molecule has 2 aromatic rings. The Hall–Kier alpha value is -2.28. The van der Waals surface area contributed by atoms with Gasteiger partial charge in [-0.1, -0.05) is 24.3 Å². The highest BCUT2D eigenvalue weighted by atomic mass is 16.5. The van der Waals surface area contributed by atoms with Crippen molar-refractivity contribution in [1.29, 1.82) is 0 Å². The van der Waals surface area contributed by atoms with Crippen LogP contribution in [0, 0.1) is 0 Å². The normalized spacial score (nSPS) is 24.9. The Labute approximate surface area is 115 Å². The molecule has 2 unspecified atom stereocenters. The number of nitrogens with one attached hydrogen (secondary N) is 1. The van der Waals surface area contributed by atoms with E-state index in [1.807, 2.05) is 18.5 Å². The molecule has 3 heterocycles. The van der Waals surface area contributed by atoms with Crippen LogP contribution in [-0.4, -0.2) is 57.6 Å². The molecule has 7 nitrogen and oxygen atoms in total. The molecular formula is C13H14N6O. The maximum atomic E-state index is 5.94. The predicted octanol–water partition coefficient (Wildman–Crippen LogP) is 0.650. The number of aliphatic imine (C=N–C) groups is 1. The lowest BCUT2D eigenvalue weighted by atomic mass is 9.99. The molecular weight excluding hydrogens is 256 g/mol. The molecule has 1 fully saturated rings. The van der Waals surface area contributed by atoms with Crippen LogP contribution in [0.5, 0.6) is 0 Å². The standard InChI is InChI=1S/C13H14N6O/c1-3-10(13-15-17-18-16-13)4-2-9(1)12-11-7-14-8-19(11)5-6-20-12/h1-4,8,11-12H,5-7H2,(H,15,16,17,18). The van der Waals surface area contributed by atoms with Crippen molar-refractivity contribution in [2.45, 2.75) is 12.1 Å². The first-order valence-corrected chi connectivity index (χ1v) is 6.63. The Bertz CT molecular complexity index is 608. The molecule has 0 spiro atoms.